The van der Waals surface area contributed by atoms with Crippen molar-refractivity contribution in [3.8, 4) is 5.75 Å². The highest BCUT2D eigenvalue weighted by Crippen LogP contribution is 2.29. The Morgan fingerprint density at radius 3 is 2.40 bits per heavy atom. The molecule has 1 aromatic carbocycles. The first-order valence-corrected chi connectivity index (χ1v) is 10.8. The van der Waals surface area contributed by atoms with E-state index in [0.717, 1.165) is 74.3 Å². The van der Waals surface area contributed by atoms with Gasteiger partial charge in [-0.2, -0.15) is 0 Å². The summed E-state index contributed by atoms with van der Waals surface area (Å²) in [5.41, 5.74) is 3.04. The van der Waals surface area contributed by atoms with Crippen molar-refractivity contribution < 1.29 is 9.53 Å². The molecule has 2 aromatic rings. The number of piperidine rings is 1. The summed E-state index contributed by atoms with van der Waals surface area (Å²) in [7, 11) is 1.70. The minimum absolute atomic E-state index is 0.0148. The number of anilines is 2. The van der Waals surface area contributed by atoms with Crippen LogP contribution in [0.1, 0.15) is 24.2 Å². The number of aryl methyl sites for hydroxylation is 2. The summed E-state index contributed by atoms with van der Waals surface area (Å²) in [4.78, 5) is 28.9. The lowest BCUT2D eigenvalue weighted by atomic mass is 9.96. The largest absolute Gasteiger partial charge is 0.495 e. The summed E-state index contributed by atoms with van der Waals surface area (Å²) in [5.74, 6) is 1.92. The number of carbonyl (C=O) groups excluding carboxylic acids is 1. The second kappa shape index (κ2) is 8.90. The number of nitrogens with zero attached hydrogens (tertiary/aromatic N) is 5. The van der Waals surface area contributed by atoms with Crippen LogP contribution in [0.25, 0.3) is 0 Å². The molecule has 2 saturated heterocycles. The van der Waals surface area contributed by atoms with Gasteiger partial charge in [0.25, 0.3) is 0 Å². The van der Waals surface area contributed by atoms with Gasteiger partial charge in [0.15, 0.2) is 0 Å². The third-order valence-electron chi connectivity index (χ3n) is 6.04. The van der Waals surface area contributed by atoms with Gasteiger partial charge in [0.1, 0.15) is 5.75 Å². The number of methoxy groups -OCH3 is 1. The van der Waals surface area contributed by atoms with Crippen molar-refractivity contribution in [1.29, 1.82) is 0 Å². The van der Waals surface area contributed by atoms with Crippen LogP contribution in [-0.2, 0) is 4.79 Å². The molecule has 0 aliphatic carbocycles. The van der Waals surface area contributed by atoms with E-state index in [-0.39, 0.29) is 11.8 Å². The van der Waals surface area contributed by atoms with Gasteiger partial charge in [-0.15, -0.1) is 0 Å². The predicted molar refractivity (Wildman–Crippen MR) is 118 cm³/mol. The summed E-state index contributed by atoms with van der Waals surface area (Å²) in [6.07, 6.45) is 1.93. The molecule has 7 nitrogen and oxygen atoms in total. The van der Waals surface area contributed by atoms with Crippen LogP contribution in [0.3, 0.4) is 0 Å². The van der Waals surface area contributed by atoms with E-state index in [2.05, 4.69) is 25.8 Å². The molecule has 4 rings (SSSR count). The molecule has 0 saturated carbocycles. The molecule has 0 radical (unpaired) electrons. The third-order valence-corrected chi connectivity index (χ3v) is 6.04. The number of carbonyl (C=O) groups is 1. The monoisotopic (exact) mass is 409 g/mol. The highest BCUT2D eigenvalue weighted by molar-refractivity contribution is 5.80. The SMILES string of the molecule is COc1ccccc1N1CCN(C(=O)C2CCCN(c3nc(C)cc(C)n3)C2)CC1. The van der Waals surface area contributed by atoms with Gasteiger partial charge in [0.05, 0.1) is 18.7 Å². The normalized spacial score (nSPS) is 19.7. The van der Waals surface area contributed by atoms with Gasteiger partial charge < -0.3 is 19.4 Å². The Balaban J connectivity index is 1.38. The first-order chi connectivity index (χ1) is 14.5. The zero-order valence-electron chi connectivity index (χ0n) is 18.2. The number of amides is 1. The van der Waals surface area contributed by atoms with Gasteiger partial charge in [-0.05, 0) is 44.9 Å². The Morgan fingerprint density at radius 2 is 1.70 bits per heavy atom. The fourth-order valence-electron chi connectivity index (χ4n) is 4.53. The van der Waals surface area contributed by atoms with Gasteiger partial charge in [0.2, 0.25) is 11.9 Å². The smallest absolute Gasteiger partial charge is 0.227 e. The summed E-state index contributed by atoms with van der Waals surface area (Å²) >= 11 is 0. The standard InChI is InChI=1S/C23H31N5O2/c1-17-15-18(2)25-23(24-17)28-10-6-7-19(16-28)22(29)27-13-11-26(12-14-27)20-8-4-5-9-21(20)30-3/h4-5,8-9,15,19H,6-7,10-14,16H2,1-3H3. The second-order valence-corrected chi connectivity index (χ2v) is 8.22. The van der Waals surface area contributed by atoms with Crippen LogP contribution < -0.4 is 14.5 Å². The number of rotatable bonds is 4. The maximum atomic E-state index is 13.2. The van der Waals surface area contributed by atoms with Gasteiger partial charge in [-0.3, -0.25) is 4.79 Å². The van der Waals surface area contributed by atoms with Crippen molar-refractivity contribution in [3.63, 3.8) is 0 Å². The van der Waals surface area contributed by atoms with E-state index in [1.807, 2.05) is 43.0 Å². The molecule has 2 aliphatic heterocycles. The van der Waals surface area contributed by atoms with Gasteiger partial charge in [0, 0.05) is 50.7 Å². The van der Waals surface area contributed by atoms with Crippen molar-refractivity contribution >= 4 is 17.5 Å². The maximum absolute atomic E-state index is 13.2. The average molecular weight is 410 g/mol. The summed E-state index contributed by atoms with van der Waals surface area (Å²) < 4.78 is 5.50. The molecule has 7 heteroatoms. The molecule has 2 fully saturated rings. The van der Waals surface area contributed by atoms with E-state index in [1.165, 1.54) is 0 Å². The minimum atomic E-state index is 0.0148. The first-order valence-electron chi connectivity index (χ1n) is 10.8. The number of hydrogen-bond acceptors (Lipinski definition) is 6. The zero-order valence-corrected chi connectivity index (χ0v) is 18.2. The van der Waals surface area contributed by atoms with Crippen LogP contribution in [0.4, 0.5) is 11.6 Å². The maximum Gasteiger partial charge on any atom is 0.227 e. The Kier molecular flexibility index (Phi) is 6.06. The van der Waals surface area contributed by atoms with Crippen LogP contribution in [-0.4, -0.2) is 67.2 Å². The third kappa shape index (κ3) is 4.35. The summed E-state index contributed by atoms with van der Waals surface area (Å²) in [6.45, 7) is 8.73. The van der Waals surface area contributed by atoms with E-state index in [0.29, 0.717) is 6.54 Å². The van der Waals surface area contributed by atoms with E-state index >= 15 is 0 Å². The number of para-hydroxylation sites is 2. The highest BCUT2D eigenvalue weighted by Gasteiger charge is 2.32. The Labute approximate surface area is 178 Å². The molecule has 1 unspecified atom stereocenters. The Hall–Kier alpha value is -2.83. The average Bonchev–Trinajstić information content (AvgIpc) is 2.78. The van der Waals surface area contributed by atoms with E-state index in [9.17, 15) is 4.79 Å². The molecule has 30 heavy (non-hydrogen) atoms. The topological polar surface area (TPSA) is 61.8 Å². The molecule has 0 bridgehead atoms. The van der Waals surface area contributed by atoms with Gasteiger partial charge in [-0.1, -0.05) is 12.1 Å². The van der Waals surface area contributed by atoms with Crippen LogP contribution in [0.5, 0.6) is 5.75 Å². The summed E-state index contributed by atoms with van der Waals surface area (Å²) in [6, 6.07) is 10.1. The molecule has 160 valence electrons. The molecule has 0 N–H and O–H groups in total. The van der Waals surface area contributed by atoms with Crippen LogP contribution in [0.2, 0.25) is 0 Å². The predicted octanol–water partition coefficient (Wildman–Crippen LogP) is 2.67. The van der Waals surface area contributed by atoms with E-state index in [4.69, 9.17) is 4.74 Å². The fourth-order valence-corrected chi connectivity index (χ4v) is 4.53. The van der Waals surface area contributed by atoms with Crippen LogP contribution in [0, 0.1) is 19.8 Å². The van der Waals surface area contributed by atoms with Crippen molar-refractivity contribution in [2.45, 2.75) is 26.7 Å². The van der Waals surface area contributed by atoms with E-state index < -0.39 is 0 Å². The molecular formula is C23H31N5O2. The number of hydrogen-bond donors (Lipinski definition) is 0. The molecule has 2 aliphatic rings. The quantitative estimate of drug-likeness (QED) is 0.774. The molecule has 1 atom stereocenters. The molecule has 3 heterocycles. The van der Waals surface area contributed by atoms with Crippen molar-refractivity contribution in [1.82, 2.24) is 14.9 Å². The number of benzene rings is 1. The van der Waals surface area contributed by atoms with Crippen LogP contribution >= 0.6 is 0 Å². The van der Waals surface area contributed by atoms with Gasteiger partial charge >= 0.3 is 0 Å². The molecular weight excluding hydrogens is 378 g/mol. The van der Waals surface area contributed by atoms with Crippen molar-refractivity contribution in [3.05, 3.63) is 41.7 Å². The molecule has 1 aromatic heterocycles. The fraction of sp³-hybridized carbons (Fsp3) is 0.522. The van der Waals surface area contributed by atoms with Crippen molar-refractivity contribution in [2.75, 3.05) is 56.2 Å². The lowest BCUT2D eigenvalue weighted by Gasteiger charge is -2.40. The first kappa shape index (κ1) is 20.4. The lowest BCUT2D eigenvalue weighted by molar-refractivity contribution is -0.136. The molecule has 0 spiro atoms. The molecule has 1 amide bonds. The number of aromatic nitrogens is 2. The Morgan fingerprint density at radius 1 is 1.00 bits per heavy atom. The Bertz CT molecular complexity index is 875. The summed E-state index contributed by atoms with van der Waals surface area (Å²) in [5, 5.41) is 0. The van der Waals surface area contributed by atoms with Crippen LogP contribution in [0.15, 0.2) is 30.3 Å². The van der Waals surface area contributed by atoms with E-state index in [1.54, 1.807) is 7.11 Å². The number of ether oxygens (including phenoxy) is 1. The zero-order chi connectivity index (χ0) is 21.1. The lowest BCUT2D eigenvalue weighted by Crippen LogP contribution is -2.52. The second-order valence-electron chi connectivity index (χ2n) is 8.22. The number of piperazine rings is 1. The highest BCUT2D eigenvalue weighted by atomic mass is 16.5. The van der Waals surface area contributed by atoms with Crippen molar-refractivity contribution in [2.24, 2.45) is 5.92 Å². The minimum Gasteiger partial charge on any atom is -0.495 e. The van der Waals surface area contributed by atoms with Gasteiger partial charge in [-0.25, -0.2) is 9.97 Å².